The van der Waals surface area contributed by atoms with Gasteiger partial charge in [0.2, 0.25) is 5.78 Å². The molecular weight excluding hydrogens is 168 g/mol. The Balaban J connectivity index is 2.64. The summed E-state index contributed by atoms with van der Waals surface area (Å²) in [5, 5.41) is 0. The van der Waals surface area contributed by atoms with Gasteiger partial charge in [-0.05, 0) is 6.92 Å². The predicted octanol–water partition coefficient (Wildman–Crippen LogP) is 0.112. The summed E-state index contributed by atoms with van der Waals surface area (Å²) in [5.41, 5.74) is 6.66. The first kappa shape index (κ1) is 8.00. The van der Waals surface area contributed by atoms with Crippen molar-refractivity contribution in [3.63, 3.8) is 0 Å². The normalized spacial score (nSPS) is 10.9. The fourth-order valence-corrected chi connectivity index (χ4v) is 1.36. The fraction of sp³-hybridized carbons (Fsp3) is 0.250. The summed E-state index contributed by atoms with van der Waals surface area (Å²) < 4.78 is 1.82. The average Bonchev–Trinajstić information content (AvgIpc) is 2.68. The molecule has 2 heterocycles. The molecule has 13 heavy (non-hydrogen) atoms. The first-order valence-electron chi connectivity index (χ1n) is 3.99. The molecule has 0 spiro atoms. The standard InChI is InChI=1S/C8H10N4O/c1-5-7(6(13)4-9)11-8-10-2-3-12(5)8/h2-3H,4,9H2,1H3,(H,10,11). The zero-order valence-electron chi connectivity index (χ0n) is 7.24. The second-order valence-electron chi connectivity index (χ2n) is 2.83. The summed E-state index contributed by atoms with van der Waals surface area (Å²) in [6.07, 6.45) is 3.48. The smallest absolute Gasteiger partial charge is 0.211 e. The van der Waals surface area contributed by atoms with Crippen molar-refractivity contribution in [2.45, 2.75) is 6.92 Å². The highest BCUT2D eigenvalue weighted by Gasteiger charge is 2.12. The molecule has 0 saturated heterocycles. The first-order chi connectivity index (χ1) is 6.24. The topological polar surface area (TPSA) is 76.2 Å². The maximum atomic E-state index is 11.3. The number of carbonyl (C=O) groups excluding carboxylic acids is 1. The van der Waals surface area contributed by atoms with Crippen LogP contribution in [0.4, 0.5) is 0 Å². The number of ketones is 1. The Kier molecular flexibility index (Phi) is 1.66. The van der Waals surface area contributed by atoms with Crippen LogP contribution in [0.15, 0.2) is 12.4 Å². The van der Waals surface area contributed by atoms with E-state index in [9.17, 15) is 4.79 Å². The van der Waals surface area contributed by atoms with Gasteiger partial charge in [-0.15, -0.1) is 0 Å². The largest absolute Gasteiger partial charge is 0.324 e. The van der Waals surface area contributed by atoms with E-state index >= 15 is 0 Å². The van der Waals surface area contributed by atoms with Gasteiger partial charge in [-0.2, -0.15) is 0 Å². The summed E-state index contributed by atoms with van der Waals surface area (Å²) in [6.45, 7) is 1.87. The fourth-order valence-electron chi connectivity index (χ4n) is 1.36. The third-order valence-corrected chi connectivity index (χ3v) is 2.06. The Labute approximate surface area is 74.6 Å². The Morgan fingerprint density at radius 3 is 3.15 bits per heavy atom. The molecule has 0 fully saturated rings. The van der Waals surface area contributed by atoms with E-state index in [0.29, 0.717) is 11.5 Å². The maximum Gasteiger partial charge on any atom is 0.211 e. The molecule has 3 N–H and O–H groups in total. The molecule has 0 aliphatic rings. The average molecular weight is 178 g/mol. The van der Waals surface area contributed by atoms with Crippen LogP contribution >= 0.6 is 0 Å². The van der Waals surface area contributed by atoms with Gasteiger partial charge in [-0.3, -0.25) is 9.20 Å². The minimum absolute atomic E-state index is 0.0184. The van der Waals surface area contributed by atoms with Gasteiger partial charge in [-0.25, -0.2) is 4.98 Å². The molecule has 0 bridgehead atoms. The lowest BCUT2D eigenvalue weighted by Crippen LogP contribution is -2.15. The molecule has 2 rings (SSSR count). The summed E-state index contributed by atoms with van der Waals surface area (Å²) in [6, 6.07) is 0. The third-order valence-electron chi connectivity index (χ3n) is 2.06. The van der Waals surface area contributed by atoms with Crippen molar-refractivity contribution < 1.29 is 4.79 Å². The van der Waals surface area contributed by atoms with Crippen molar-refractivity contribution in [2.24, 2.45) is 5.73 Å². The monoisotopic (exact) mass is 178 g/mol. The Morgan fingerprint density at radius 1 is 1.77 bits per heavy atom. The molecule has 0 aliphatic heterocycles. The van der Waals surface area contributed by atoms with Crippen LogP contribution in [-0.2, 0) is 0 Å². The van der Waals surface area contributed by atoms with E-state index in [1.807, 2.05) is 11.3 Å². The molecule has 5 heteroatoms. The number of hydrogen-bond donors (Lipinski definition) is 2. The quantitative estimate of drug-likeness (QED) is 0.641. The van der Waals surface area contributed by atoms with E-state index in [-0.39, 0.29) is 12.3 Å². The molecule has 0 unspecified atom stereocenters. The number of hydrogen-bond acceptors (Lipinski definition) is 3. The van der Waals surface area contributed by atoms with E-state index in [1.54, 1.807) is 12.4 Å². The number of rotatable bonds is 2. The van der Waals surface area contributed by atoms with Crippen molar-refractivity contribution in [3.05, 3.63) is 23.8 Å². The number of Topliss-reactive ketones (excluding diaryl/α,β-unsaturated/α-hetero) is 1. The number of aromatic amines is 1. The zero-order chi connectivity index (χ0) is 9.42. The molecule has 0 aromatic carbocycles. The highest BCUT2D eigenvalue weighted by molar-refractivity contribution is 5.97. The summed E-state index contributed by atoms with van der Waals surface area (Å²) in [4.78, 5) is 18.3. The van der Waals surface area contributed by atoms with Crippen LogP contribution in [0, 0.1) is 6.92 Å². The van der Waals surface area contributed by atoms with Crippen LogP contribution in [0.2, 0.25) is 0 Å². The molecule has 0 radical (unpaired) electrons. The number of aryl methyl sites for hydroxylation is 1. The summed E-state index contributed by atoms with van der Waals surface area (Å²) in [5.74, 6) is 0.581. The third kappa shape index (κ3) is 1.05. The van der Waals surface area contributed by atoms with Gasteiger partial charge in [0.15, 0.2) is 5.78 Å². The van der Waals surface area contributed by atoms with Gasteiger partial charge in [-0.1, -0.05) is 0 Å². The Morgan fingerprint density at radius 2 is 2.54 bits per heavy atom. The van der Waals surface area contributed by atoms with Crippen molar-refractivity contribution in [1.29, 1.82) is 0 Å². The number of aromatic nitrogens is 3. The summed E-state index contributed by atoms with van der Waals surface area (Å²) >= 11 is 0. The van der Waals surface area contributed by atoms with Gasteiger partial charge in [0.1, 0.15) is 5.69 Å². The van der Waals surface area contributed by atoms with E-state index in [4.69, 9.17) is 5.73 Å². The number of nitrogens with two attached hydrogens (primary N) is 1. The number of imidazole rings is 2. The van der Waals surface area contributed by atoms with Crippen LogP contribution in [0.5, 0.6) is 0 Å². The number of nitrogens with zero attached hydrogens (tertiary/aromatic N) is 2. The second kappa shape index (κ2) is 2.70. The van der Waals surface area contributed by atoms with Crippen LogP contribution in [0.1, 0.15) is 16.2 Å². The van der Waals surface area contributed by atoms with Crippen molar-refractivity contribution in [2.75, 3.05) is 6.54 Å². The summed E-state index contributed by atoms with van der Waals surface area (Å²) in [7, 11) is 0. The number of fused-ring (bicyclic) bond motifs is 1. The lowest BCUT2D eigenvalue weighted by molar-refractivity contribution is 0.0996. The van der Waals surface area contributed by atoms with Crippen molar-refractivity contribution in [3.8, 4) is 0 Å². The van der Waals surface area contributed by atoms with Gasteiger partial charge < -0.3 is 10.7 Å². The molecular formula is C8H10N4O. The van der Waals surface area contributed by atoms with Gasteiger partial charge in [0.05, 0.1) is 6.54 Å². The minimum atomic E-state index is -0.0944. The number of H-pyrrole nitrogens is 1. The molecule has 0 atom stereocenters. The SMILES string of the molecule is Cc1c(C(=O)CN)[nH]c2nccn12. The van der Waals surface area contributed by atoms with Gasteiger partial charge >= 0.3 is 0 Å². The molecule has 68 valence electrons. The Hall–Kier alpha value is -1.62. The molecule has 0 amide bonds. The van der Waals surface area contributed by atoms with Crippen LogP contribution in [0.3, 0.4) is 0 Å². The van der Waals surface area contributed by atoms with E-state index in [2.05, 4.69) is 9.97 Å². The van der Waals surface area contributed by atoms with Gasteiger partial charge in [0, 0.05) is 18.1 Å². The zero-order valence-corrected chi connectivity index (χ0v) is 7.24. The first-order valence-corrected chi connectivity index (χ1v) is 3.99. The van der Waals surface area contributed by atoms with Crippen molar-refractivity contribution >= 4 is 11.6 Å². The van der Waals surface area contributed by atoms with E-state index in [1.165, 1.54) is 0 Å². The van der Waals surface area contributed by atoms with Crippen LogP contribution in [0.25, 0.3) is 5.78 Å². The molecule has 0 saturated carbocycles. The molecule has 5 nitrogen and oxygen atoms in total. The van der Waals surface area contributed by atoms with Crippen LogP contribution in [-0.4, -0.2) is 26.7 Å². The molecule has 2 aromatic rings. The van der Waals surface area contributed by atoms with Crippen LogP contribution < -0.4 is 5.73 Å². The molecule has 2 aromatic heterocycles. The van der Waals surface area contributed by atoms with Crippen molar-refractivity contribution in [1.82, 2.24) is 14.4 Å². The number of nitrogens with one attached hydrogen (secondary N) is 1. The minimum Gasteiger partial charge on any atom is -0.324 e. The predicted molar refractivity (Wildman–Crippen MR) is 47.7 cm³/mol. The Bertz CT molecular complexity index is 454. The van der Waals surface area contributed by atoms with E-state index in [0.717, 1.165) is 5.69 Å². The second-order valence-corrected chi connectivity index (χ2v) is 2.83. The van der Waals surface area contributed by atoms with E-state index < -0.39 is 0 Å². The lowest BCUT2D eigenvalue weighted by Gasteiger charge is -1.94. The number of carbonyl (C=O) groups is 1. The van der Waals surface area contributed by atoms with Gasteiger partial charge in [0.25, 0.3) is 0 Å². The highest BCUT2D eigenvalue weighted by Crippen LogP contribution is 2.09. The molecule has 0 aliphatic carbocycles. The highest BCUT2D eigenvalue weighted by atomic mass is 16.1. The lowest BCUT2D eigenvalue weighted by atomic mass is 10.2. The maximum absolute atomic E-state index is 11.3.